The first-order valence-corrected chi connectivity index (χ1v) is 5.32. The largest absolute Gasteiger partial charge is 0.370 e. The Labute approximate surface area is 98.8 Å². The molecule has 0 saturated heterocycles. The monoisotopic (exact) mass is 244 g/mol. The zero-order valence-corrected chi connectivity index (χ0v) is 9.72. The van der Waals surface area contributed by atoms with Crippen LogP contribution in [0.15, 0.2) is 18.2 Å². The molecule has 5 heteroatoms. The molecule has 88 valence electrons. The molecule has 0 spiro atoms. The number of benzene rings is 1. The van der Waals surface area contributed by atoms with E-state index < -0.39 is 0 Å². The topological polar surface area (TPSA) is 55.1 Å². The van der Waals surface area contributed by atoms with Gasteiger partial charge in [-0.2, -0.15) is 0 Å². The quantitative estimate of drug-likeness (QED) is 0.830. The molecular formula is C11H14ClFN2O. The van der Waals surface area contributed by atoms with Gasteiger partial charge in [-0.1, -0.05) is 11.6 Å². The van der Waals surface area contributed by atoms with Crippen LogP contribution < -0.4 is 11.1 Å². The molecule has 16 heavy (non-hydrogen) atoms. The summed E-state index contributed by atoms with van der Waals surface area (Å²) in [5.74, 6) is -0.732. The Hall–Kier alpha value is -1.13. The molecule has 1 aromatic carbocycles. The highest BCUT2D eigenvalue weighted by Crippen LogP contribution is 2.14. The maximum Gasteiger partial charge on any atom is 0.218 e. The fourth-order valence-electron chi connectivity index (χ4n) is 1.38. The number of rotatable bonds is 5. The van der Waals surface area contributed by atoms with E-state index in [0.29, 0.717) is 11.6 Å². The van der Waals surface area contributed by atoms with Gasteiger partial charge in [0.1, 0.15) is 5.82 Å². The summed E-state index contributed by atoms with van der Waals surface area (Å²) < 4.78 is 13.0. The van der Waals surface area contributed by atoms with E-state index in [0.717, 1.165) is 5.56 Å². The van der Waals surface area contributed by atoms with Gasteiger partial charge in [0.2, 0.25) is 5.91 Å². The minimum atomic E-state index is -0.369. The second-order valence-electron chi connectivity index (χ2n) is 3.73. The van der Waals surface area contributed by atoms with Crippen LogP contribution in [0, 0.1) is 5.82 Å². The average molecular weight is 245 g/mol. The molecular weight excluding hydrogens is 231 g/mol. The van der Waals surface area contributed by atoms with Crippen molar-refractivity contribution in [3.8, 4) is 0 Å². The van der Waals surface area contributed by atoms with Crippen LogP contribution in [0.1, 0.15) is 18.9 Å². The lowest BCUT2D eigenvalue weighted by Gasteiger charge is -2.12. The summed E-state index contributed by atoms with van der Waals surface area (Å²) in [5.41, 5.74) is 5.79. The van der Waals surface area contributed by atoms with Gasteiger partial charge in [-0.05, 0) is 30.7 Å². The van der Waals surface area contributed by atoms with E-state index in [1.165, 1.54) is 12.1 Å². The molecule has 0 aliphatic carbocycles. The second-order valence-corrected chi connectivity index (χ2v) is 4.17. The van der Waals surface area contributed by atoms with Crippen molar-refractivity contribution < 1.29 is 9.18 Å². The molecule has 1 rings (SSSR count). The molecule has 0 radical (unpaired) electrons. The lowest BCUT2D eigenvalue weighted by molar-refractivity contribution is -0.118. The van der Waals surface area contributed by atoms with Gasteiger partial charge >= 0.3 is 0 Å². The number of nitrogens with two attached hydrogens (primary N) is 1. The summed E-state index contributed by atoms with van der Waals surface area (Å²) in [4.78, 5) is 10.6. The SMILES string of the molecule is CC(CC(N)=O)NCc1cc(F)cc(Cl)c1. The van der Waals surface area contributed by atoms with Gasteiger partial charge in [0.25, 0.3) is 0 Å². The number of hydrogen-bond acceptors (Lipinski definition) is 2. The standard InChI is InChI=1S/C11H14ClFN2O/c1-7(2-11(14)16)15-6-8-3-9(12)5-10(13)4-8/h3-5,7,15H,2,6H2,1H3,(H2,14,16). The number of halogens is 2. The fraction of sp³-hybridized carbons (Fsp3) is 0.364. The molecule has 0 heterocycles. The number of hydrogen-bond donors (Lipinski definition) is 2. The van der Waals surface area contributed by atoms with E-state index in [9.17, 15) is 9.18 Å². The van der Waals surface area contributed by atoms with E-state index in [1.54, 1.807) is 6.07 Å². The van der Waals surface area contributed by atoms with Gasteiger partial charge in [-0.25, -0.2) is 4.39 Å². The van der Waals surface area contributed by atoms with Crippen LogP contribution in [0.5, 0.6) is 0 Å². The molecule has 0 saturated carbocycles. The van der Waals surface area contributed by atoms with Gasteiger partial charge in [0, 0.05) is 24.0 Å². The molecule has 1 atom stereocenters. The van der Waals surface area contributed by atoms with Crippen molar-refractivity contribution in [2.75, 3.05) is 0 Å². The zero-order chi connectivity index (χ0) is 12.1. The Morgan fingerprint density at radius 1 is 1.56 bits per heavy atom. The summed E-state index contributed by atoms with van der Waals surface area (Å²) in [6.07, 6.45) is 0.253. The predicted molar refractivity (Wildman–Crippen MR) is 61.5 cm³/mol. The summed E-state index contributed by atoms with van der Waals surface area (Å²) in [5, 5.41) is 3.42. The summed E-state index contributed by atoms with van der Waals surface area (Å²) in [6, 6.07) is 4.28. The molecule has 0 fully saturated rings. The van der Waals surface area contributed by atoms with Crippen molar-refractivity contribution in [3.63, 3.8) is 0 Å². The molecule has 3 N–H and O–H groups in total. The third kappa shape index (κ3) is 4.59. The van der Waals surface area contributed by atoms with E-state index in [1.807, 2.05) is 6.92 Å². The van der Waals surface area contributed by atoms with Crippen LogP contribution in [0.4, 0.5) is 4.39 Å². The van der Waals surface area contributed by atoms with Gasteiger partial charge in [-0.3, -0.25) is 4.79 Å². The molecule has 0 bridgehead atoms. The van der Waals surface area contributed by atoms with Crippen molar-refractivity contribution in [1.82, 2.24) is 5.32 Å². The van der Waals surface area contributed by atoms with Crippen LogP contribution in [0.3, 0.4) is 0 Å². The highest BCUT2D eigenvalue weighted by molar-refractivity contribution is 6.30. The first kappa shape index (κ1) is 12.9. The lowest BCUT2D eigenvalue weighted by Crippen LogP contribution is -2.30. The Morgan fingerprint density at radius 3 is 2.81 bits per heavy atom. The number of carbonyl (C=O) groups is 1. The number of amides is 1. The molecule has 1 unspecified atom stereocenters. The first-order chi connectivity index (χ1) is 7.47. The zero-order valence-electron chi connectivity index (χ0n) is 8.97. The van der Waals surface area contributed by atoms with Crippen molar-refractivity contribution in [2.45, 2.75) is 25.9 Å². The molecule has 0 aliphatic heterocycles. The van der Waals surface area contributed by atoms with Crippen LogP contribution in [-0.4, -0.2) is 11.9 Å². The third-order valence-corrected chi connectivity index (χ3v) is 2.30. The number of nitrogens with one attached hydrogen (secondary N) is 1. The van der Waals surface area contributed by atoms with Crippen molar-refractivity contribution in [2.24, 2.45) is 5.73 Å². The van der Waals surface area contributed by atoms with Crippen LogP contribution in [0.2, 0.25) is 5.02 Å². The smallest absolute Gasteiger partial charge is 0.218 e. The Balaban J connectivity index is 2.51. The van der Waals surface area contributed by atoms with E-state index in [-0.39, 0.29) is 24.2 Å². The molecule has 3 nitrogen and oxygen atoms in total. The number of primary amides is 1. The second kappa shape index (κ2) is 5.82. The highest BCUT2D eigenvalue weighted by Gasteiger charge is 2.06. The maximum atomic E-state index is 13.0. The van der Waals surface area contributed by atoms with Gasteiger partial charge in [0.05, 0.1) is 0 Å². The first-order valence-electron chi connectivity index (χ1n) is 4.94. The van der Waals surface area contributed by atoms with Crippen LogP contribution in [-0.2, 0) is 11.3 Å². The average Bonchev–Trinajstić information content (AvgIpc) is 2.12. The lowest BCUT2D eigenvalue weighted by atomic mass is 10.2. The van der Waals surface area contributed by atoms with Crippen molar-refractivity contribution >= 4 is 17.5 Å². The summed E-state index contributed by atoms with van der Waals surface area (Å²) >= 11 is 5.71. The van der Waals surface area contributed by atoms with Gasteiger partial charge < -0.3 is 11.1 Å². The minimum absolute atomic E-state index is 0.0421. The van der Waals surface area contributed by atoms with Crippen LogP contribution in [0.25, 0.3) is 0 Å². The fourth-order valence-corrected chi connectivity index (χ4v) is 1.62. The predicted octanol–water partition coefficient (Wildman–Crippen LogP) is 1.83. The Morgan fingerprint density at radius 2 is 2.25 bits per heavy atom. The Kier molecular flexibility index (Phi) is 4.71. The van der Waals surface area contributed by atoms with Crippen molar-refractivity contribution in [3.05, 3.63) is 34.6 Å². The maximum absolute atomic E-state index is 13.0. The summed E-state index contributed by atoms with van der Waals surface area (Å²) in [6.45, 7) is 2.29. The molecule has 1 amide bonds. The van der Waals surface area contributed by atoms with Gasteiger partial charge in [0.15, 0.2) is 0 Å². The van der Waals surface area contributed by atoms with Crippen LogP contribution >= 0.6 is 11.6 Å². The molecule has 1 aromatic rings. The minimum Gasteiger partial charge on any atom is -0.370 e. The van der Waals surface area contributed by atoms with E-state index in [2.05, 4.69) is 5.32 Å². The highest BCUT2D eigenvalue weighted by atomic mass is 35.5. The summed E-state index contributed by atoms with van der Waals surface area (Å²) in [7, 11) is 0. The molecule has 0 aromatic heterocycles. The molecule has 0 aliphatic rings. The van der Waals surface area contributed by atoms with E-state index in [4.69, 9.17) is 17.3 Å². The van der Waals surface area contributed by atoms with Gasteiger partial charge in [-0.15, -0.1) is 0 Å². The third-order valence-electron chi connectivity index (χ3n) is 2.08. The number of carbonyl (C=O) groups excluding carboxylic acids is 1. The van der Waals surface area contributed by atoms with Crippen molar-refractivity contribution in [1.29, 1.82) is 0 Å². The Bertz CT molecular complexity index is 364. The van der Waals surface area contributed by atoms with E-state index >= 15 is 0 Å². The normalized spacial score (nSPS) is 12.4.